The lowest BCUT2D eigenvalue weighted by atomic mass is 10.1. The molecule has 1 fully saturated rings. The number of methoxy groups -OCH3 is 1. The Labute approximate surface area is 116 Å². The van der Waals surface area contributed by atoms with Crippen molar-refractivity contribution in [2.45, 2.75) is 12.8 Å². The van der Waals surface area contributed by atoms with Crippen LogP contribution in [0.2, 0.25) is 0 Å². The Morgan fingerprint density at radius 3 is 3.15 bits per heavy atom. The fraction of sp³-hybridized carbons (Fsp3) is 0.429. The molecule has 1 unspecified atom stereocenters. The summed E-state index contributed by atoms with van der Waals surface area (Å²) in [5.74, 6) is 2.23. The summed E-state index contributed by atoms with van der Waals surface area (Å²) in [6.45, 7) is 2.06. The summed E-state index contributed by atoms with van der Waals surface area (Å²) >= 11 is 0. The number of hydrogen-bond acceptors (Lipinski definition) is 6. The van der Waals surface area contributed by atoms with Gasteiger partial charge >= 0.3 is 0 Å². The molecule has 0 radical (unpaired) electrons. The van der Waals surface area contributed by atoms with Gasteiger partial charge in [0, 0.05) is 12.0 Å². The average Bonchev–Trinajstić information content (AvgIpc) is 3.12. The van der Waals surface area contributed by atoms with Crippen molar-refractivity contribution in [2.24, 2.45) is 5.92 Å². The van der Waals surface area contributed by atoms with Gasteiger partial charge in [0.1, 0.15) is 0 Å². The van der Waals surface area contributed by atoms with Gasteiger partial charge in [0.15, 0.2) is 11.5 Å². The van der Waals surface area contributed by atoms with Crippen LogP contribution in [0.25, 0.3) is 11.4 Å². The van der Waals surface area contributed by atoms with Gasteiger partial charge in [-0.2, -0.15) is 4.98 Å². The third-order valence-electron chi connectivity index (χ3n) is 3.53. The lowest BCUT2D eigenvalue weighted by Gasteiger charge is -2.03. The van der Waals surface area contributed by atoms with E-state index < -0.39 is 0 Å². The predicted octanol–water partition coefficient (Wildman–Crippen LogP) is 1.60. The number of aromatic hydroxyl groups is 1. The molecule has 20 heavy (non-hydrogen) atoms. The summed E-state index contributed by atoms with van der Waals surface area (Å²) < 4.78 is 10.4. The standard InChI is InChI=1S/C14H17N3O3/c1-19-12-7-10(2-3-11(12)18)14-16-13(20-17-14)6-9-4-5-15-8-9/h2-3,7,9,15,18H,4-6,8H2,1H3. The number of ether oxygens (including phenoxy) is 1. The third kappa shape index (κ3) is 2.60. The van der Waals surface area contributed by atoms with E-state index in [0.29, 0.717) is 23.4 Å². The zero-order valence-corrected chi connectivity index (χ0v) is 11.3. The normalized spacial score (nSPS) is 18.4. The van der Waals surface area contributed by atoms with Crippen LogP contribution in [-0.4, -0.2) is 35.4 Å². The van der Waals surface area contributed by atoms with Gasteiger partial charge in [0.05, 0.1) is 7.11 Å². The van der Waals surface area contributed by atoms with Gasteiger partial charge in [-0.1, -0.05) is 5.16 Å². The molecule has 1 aliphatic heterocycles. The summed E-state index contributed by atoms with van der Waals surface area (Å²) in [6.07, 6.45) is 1.94. The second-order valence-electron chi connectivity index (χ2n) is 4.96. The molecular formula is C14H17N3O3. The molecule has 106 valence electrons. The van der Waals surface area contributed by atoms with E-state index in [2.05, 4.69) is 15.5 Å². The Hall–Kier alpha value is -2.08. The molecule has 0 spiro atoms. The molecule has 2 aromatic rings. The number of hydrogen-bond donors (Lipinski definition) is 2. The zero-order valence-electron chi connectivity index (χ0n) is 11.3. The molecule has 6 nitrogen and oxygen atoms in total. The summed E-state index contributed by atoms with van der Waals surface area (Å²) in [5, 5.41) is 16.9. The predicted molar refractivity (Wildman–Crippen MR) is 72.6 cm³/mol. The largest absolute Gasteiger partial charge is 0.504 e. The van der Waals surface area contributed by atoms with Crippen LogP contribution in [0.3, 0.4) is 0 Å². The van der Waals surface area contributed by atoms with Crippen molar-refractivity contribution in [3.8, 4) is 22.9 Å². The van der Waals surface area contributed by atoms with Crippen LogP contribution in [-0.2, 0) is 6.42 Å². The zero-order chi connectivity index (χ0) is 13.9. The number of phenolic OH excluding ortho intramolecular Hbond substituents is 1. The quantitative estimate of drug-likeness (QED) is 0.882. The fourth-order valence-electron chi connectivity index (χ4n) is 2.41. The van der Waals surface area contributed by atoms with Crippen LogP contribution in [0.5, 0.6) is 11.5 Å². The number of rotatable bonds is 4. The monoisotopic (exact) mass is 275 g/mol. The Bertz CT molecular complexity index is 591. The van der Waals surface area contributed by atoms with Crippen molar-refractivity contribution in [1.29, 1.82) is 0 Å². The van der Waals surface area contributed by atoms with Crippen LogP contribution in [0.1, 0.15) is 12.3 Å². The number of phenols is 1. The highest BCUT2D eigenvalue weighted by Crippen LogP contribution is 2.30. The Morgan fingerprint density at radius 1 is 1.50 bits per heavy atom. The molecule has 0 bridgehead atoms. The number of aromatic nitrogens is 2. The van der Waals surface area contributed by atoms with Gasteiger partial charge in [-0.15, -0.1) is 0 Å². The molecule has 2 heterocycles. The van der Waals surface area contributed by atoms with Crippen LogP contribution in [0, 0.1) is 5.92 Å². The topological polar surface area (TPSA) is 80.4 Å². The first-order valence-corrected chi connectivity index (χ1v) is 6.67. The van der Waals surface area contributed by atoms with E-state index in [1.54, 1.807) is 18.2 Å². The van der Waals surface area contributed by atoms with Gasteiger partial charge < -0.3 is 19.7 Å². The fourth-order valence-corrected chi connectivity index (χ4v) is 2.41. The second-order valence-corrected chi connectivity index (χ2v) is 4.96. The molecule has 1 aromatic heterocycles. The first-order chi connectivity index (χ1) is 9.76. The first-order valence-electron chi connectivity index (χ1n) is 6.67. The van der Waals surface area contributed by atoms with E-state index in [1.807, 2.05) is 0 Å². The smallest absolute Gasteiger partial charge is 0.227 e. The highest BCUT2D eigenvalue weighted by atomic mass is 16.5. The van der Waals surface area contributed by atoms with Gasteiger partial charge in [0.2, 0.25) is 11.7 Å². The maximum atomic E-state index is 9.58. The maximum absolute atomic E-state index is 9.58. The van der Waals surface area contributed by atoms with Gasteiger partial charge in [-0.25, -0.2) is 0 Å². The first kappa shape index (κ1) is 12.9. The number of benzene rings is 1. The van der Waals surface area contributed by atoms with Gasteiger partial charge in [-0.05, 0) is 43.6 Å². The van der Waals surface area contributed by atoms with E-state index in [9.17, 15) is 5.11 Å². The molecular weight excluding hydrogens is 258 g/mol. The molecule has 1 atom stereocenters. The molecule has 1 aliphatic rings. The second kappa shape index (κ2) is 5.50. The minimum Gasteiger partial charge on any atom is -0.504 e. The van der Waals surface area contributed by atoms with Gasteiger partial charge in [-0.3, -0.25) is 0 Å². The molecule has 0 saturated carbocycles. The van der Waals surface area contributed by atoms with E-state index in [4.69, 9.17) is 9.26 Å². The summed E-state index contributed by atoms with van der Waals surface area (Å²) in [4.78, 5) is 4.41. The summed E-state index contributed by atoms with van der Waals surface area (Å²) in [5.41, 5.74) is 0.763. The molecule has 0 amide bonds. The van der Waals surface area contributed by atoms with E-state index in [-0.39, 0.29) is 5.75 Å². The van der Waals surface area contributed by atoms with E-state index >= 15 is 0 Å². The minimum atomic E-state index is 0.0944. The Morgan fingerprint density at radius 2 is 2.40 bits per heavy atom. The molecule has 6 heteroatoms. The van der Waals surface area contributed by atoms with Crippen molar-refractivity contribution in [3.05, 3.63) is 24.1 Å². The van der Waals surface area contributed by atoms with Crippen molar-refractivity contribution in [2.75, 3.05) is 20.2 Å². The lowest BCUT2D eigenvalue weighted by Crippen LogP contribution is -2.10. The highest BCUT2D eigenvalue weighted by molar-refractivity contribution is 5.60. The van der Waals surface area contributed by atoms with Crippen LogP contribution >= 0.6 is 0 Å². The summed E-state index contributed by atoms with van der Waals surface area (Å²) in [7, 11) is 1.51. The number of nitrogens with zero attached hydrogens (tertiary/aromatic N) is 2. The minimum absolute atomic E-state index is 0.0944. The Balaban J connectivity index is 1.78. The average molecular weight is 275 g/mol. The molecule has 3 rings (SSSR count). The van der Waals surface area contributed by atoms with Crippen LogP contribution < -0.4 is 10.1 Å². The number of nitrogens with one attached hydrogen (secondary N) is 1. The third-order valence-corrected chi connectivity index (χ3v) is 3.53. The maximum Gasteiger partial charge on any atom is 0.227 e. The van der Waals surface area contributed by atoms with E-state index in [1.165, 1.54) is 7.11 Å². The molecule has 2 N–H and O–H groups in total. The van der Waals surface area contributed by atoms with Crippen LogP contribution in [0.4, 0.5) is 0 Å². The lowest BCUT2D eigenvalue weighted by molar-refractivity contribution is 0.357. The van der Waals surface area contributed by atoms with Crippen molar-refractivity contribution in [1.82, 2.24) is 15.5 Å². The molecule has 0 aliphatic carbocycles. The van der Waals surface area contributed by atoms with Crippen molar-refractivity contribution in [3.63, 3.8) is 0 Å². The SMILES string of the molecule is COc1cc(-c2noc(CC3CCNC3)n2)ccc1O. The molecule has 1 aromatic carbocycles. The summed E-state index contributed by atoms with van der Waals surface area (Å²) in [6, 6.07) is 5.00. The van der Waals surface area contributed by atoms with Crippen LogP contribution in [0.15, 0.2) is 22.7 Å². The Kier molecular flexibility index (Phi) is 3.56. The van der Waals surface area contributed by atoms with Crippen molar-refractivity contribution >= 4 is 0 Å². The molecule has 1 saturated heterocycles. The van der Waals surface area contributed by atoms with E-state index in [0.717, 1.165) is 31.5 Å². The highest BCUT2D eigenvalue weighted by Gasteiger charge is 2.19. The van der Waals surface area contributed by atoms with Crippen molar-refractivity contribution < 1.29 is 14.4 Å². The van der Waals surface area contributed by atoms with Gasteiger partial charge in [0.25, 0.3) is 0 Å².